The van der Waals surface area contributed by atoms with E-state index in [1.54, 1.807) is 0 Å². The number of amides is 1. The van der Waals surface area contributed by atoms with Gasteiger partial charge in [-0.25, -0.2) is 0 Å². The average molecular weight is 275 g/mol. The summed E-state index contributed by atoms with van der Waals surface area (Å²) in [6, 6.07) is 4.36. The first-order chi connectivity index (χ1) is 9.69. The minimum Gasteiger partial charge on any atom is -0.454 e. The lowest BCUT2D eigenvalue weighted by Crippen LogP contribution is -2.42. The third-order valence-corrected chi connectivity index (χ3v) is 4.15. The van der Waals surface area contributed by atoms with Gasteiger partial charge < -0.3 is 14.4 Å². The van der Waals surface area contributed by atoms with Crippen molar-refractivity contribution < 1.29 is 14.3 Å². The number of fused-ring (bicyclic) bond motifs is 2. The van der Waals surface area contributed by atoms with E-state index in [4.69, 9.17) is 9.47 Å². The second kappa shape index (κ2) is 5.35. The summed E-state index contributed by atoms with van der Waals surface area (Å²) in [4.78, 5) is 14.3. The van der Waals surface area contributed by atoms with Crippen molar-refractivity contribution in [1.29, 1.82) is 0 Å². The zero-order chi connectivity index (χ0) is 14.1. The molecular formula is C16H21NO3. The molecule has 0 fully saturated rings. The van der Waals surface area contributed by atoms with E-state index in [1.165, 1.54) is 11.1 Å². The Hall–Kier alpha value is -1.71. The van der Waals surface area contributed by atoms with Gasteiger partial charge in [-0.15, -0.1) is 0 Å². The molecule has 0 N–H and O–H groups in total. The lowest BCUT2D eigenvalue weighted by molar-refractivity contribution is -0.134. The van der Waals surface area contributed by atoms with Gasteiger partial charge in [0.15, 0.2) is 11.5 Å². The number of carbonyl (C=O) groups excluding carboxylic acids is 1. The molecule has 2 aliphatic heterocycles. The molecule has 0 aliphatic carbocycles. The van der Waals surface area contributed by atoms with Crippen molar-refractivity contribution in [3.8, 4) is 11.5 Å². The SMILES string of the molecule is CCCCC(=O)N1Cc2cc3c(cc2CC1C)OCO3. The molecule has 2 aliphatic rings. The first-order valence-electron chi connectivity index (χ1n) is 7.40. The molecule has 0 radical (unpaired) electrons. The lowest BCUT2D eigenvalue weighted by atomic mass is 9.93. The maximum Gasteiger partial charge on any atom is 0.231 e. The van der Waals surface area contributed by atoms with Gasteiger partial charge in [-0.2, -0.15) is 0 Å². The number of rotatable bonds is 3. The van der Waals surface area contributed by atoms with Gasteiger partial charge in [0.05, 0.1) is 0 Å². The maximum atomic E-state index is 12.3. The van der Waals surface area contributed by atoms with Crippen molar-refractivity contribution in [3.63, 3.8) is 0 Å². The van der Waals surface area contributed by atoms with Crippen LogP contribution in [-0.2, 0) is 17.8 Å². The molecule has 1 aromatic rings. The molecule has 1 amide bonds. The van der Waals surface area contributed by atoms with E-state index >= 15 is 0 Å². The Morgan fingerprint density at radius 3 is 2.70 bits per heavy atom. The summed E-state index contributed by atoms with van der Waals surface area (Å²) in [5.74, 6) is 1.91. The zero-order valence-electron chi connectivity index (χ0n) is 12.1. The summed E-state index contributed by atoms with van der Waals surface area (Å²) < 4.78 is 10.9. The van der Waals surface area contributed by atoms with Gasteiger partial charge in [-0.05, 0) is 43.0 Å². The topological polar surface area (TPSA) is 38.8 Å². The van der Waals surface area contributed by atoms with Gasteiger partial charge >= 0.3 is 0 Å². The fourth-order valence-electron chi connectivity index (χ4n) is 2.94. The molecule has 0 bridgehead atoms. The lowest BCUT2D eigenvalue weighted by Gasteiger charge is -2.35. The molecule has 1 unspecified atom stereocenters. The standard InChI is InChI=1S/C16H21NO3/c1-3-4-5-16(18)17-9-13-8-15-14(19-10-20-15)7-12(13)6-11(17)2/h7-8,11H,3-6,9-10H2,1-2H3. The van der Waals surface area contributed by atoms with Crippen LogP contribution in [0.5, 0.6) is 11.5 Å². The molecule has 1 atom stereocenters. The van der Waals surface area contributed by atoms with Crippen LogP contribution in [-0.4, -0.2) is 23.6 Å². The van der Waals surface area contributed by atoms with E-state index in [-0.39, 0.29) is 11.9 Å². The Bertz CT molecular complexity index is 527. The molecule has 108 valence electrons. The van der Waals surface area contributed by atoms with E-state index < -0.39 is 0 Å². The van der Waals surface area contributed by atoms with Crippen LogP contribution in [0.1, 0.15) is 44.2 Å². The van der Waals surface area contributed by atoms with Crippen molar-refractivity contribution in [1.82, 2.24) is 4.90 Å². The highest BCUT2D eigenvalue weighted by molar-refractivity contribution is 5.77. The van der Waals surface area contributed by atoms with E-state index in [2.05, 4.69) is 19.9 Å². The van der Waals surface area contributed by atoms with Crippen LogP contribution in [0, 0.1) is 0 Å². The van der Waals surface area contributed by atoms with Crippen LogP contribution < -0.4 is 9.47 Å². The van der Waals surface area contributed by atoms with E-state index in [1.807, 2.05) is 11.0 Å². The summed E-state index contributed by atoms with van der Waals surface area (Å²) in [5, 5.41) is 0. The molecule has 4 heteroatoms. The highest BCUT2D eigenvalue weighted by atomic mass is 16.7. The fourth-order valence-corrected chi connectivity index (χ4v) is 2.94. The predicted octanol–water partition coefficient (Wildman–Crippen LogP) is 2.88. The Labute approximate surface area is 119 Å². The van der Waals surface area contributed by atoms with Gasteiger partial charge in [-0.3, -0.25) is 4.79 Å². The quantitative estimate of drug-likeness (QED) is 0.851. The molecule has 4 nitrogen and oxygen atoms in total. The molecule has 0 saturated carbocycles. The van der Waals surface area contributed by atoms with Crippen LogP contribution in [0.2, 0.25) is 0 Å². The molecule has 0 saturated heterocycles. The molecule has 20 heavy (non-hydrogen) atoms. The molecular weight excluding hydrogens is 254 g/mol. The van der Waals surface area contributed by atoms with Gasteiger partial charge in [0.25, 0.3) is 0 Å². The number of benzene rings is 1. The smallest absolute Gasteiger partial charge is 0.231 e. The summed E-state index contributed by atoms with van der Waals surface area (Å²) in [5.41, 5.74) is 2.47. The average Bonchev–Trinajstić information content (AvgIpc) is 2.88. The molecule has 1 aromatic carbocycles. The Balaban J connectivity index is 1.81. The fraction of sp³-hybridized carbons (Fsp3) is 0.562. The van der Waals surface area contributed by atoms with E-state index in [0.717, 1.165) is 30.8 Å². The number of unbranched alkanes of at least 4 members (excludes halogenated alkanes) is 1. The van der Waals surface area contributed by atoms with E-state index in [9.17, 15) is 4.79 Å². The third-order valence-electron chi connectivity index (χ3n) is 4.15. The highest BCUT2D eigenvalue weighted by Gasteiger charge is 2.28. The highest BCUT2D eigenvalue weighted by Crippen LogP contribution is 2.37. The first kappa shape index (κ1) is 13.3. The normalized spacial score (nSPS) is 19.9. The zero-order valence-corrected chi connectivity index (χ0v) is 12.1. The second-order valence-corrected chi connectivity index (χ2v) is 5.65. The van der Waals surface area contributed by atoms with Crippen molar-refractivity contribution in [2.45, 2.75) is 52.1 Å². The minimum atomic E-state index is 0.257. The van der Waals surface area contributed by atoms with Crippen LogP contribution in [0.4, 0.5) is 0 Å². The molecule has 2 heterocycles. The molecule has 3 rings (SSSR count). The number of ether oxygens (including phenoxy) is 2. The van der Waals surface area contributed by atoms with Crippen LogP contribution in [0.25, 0.3) is 0 Å². The van der Waals surface area contributed by atoms with Gasteiger partial charge in [0, 0.05) is 19.0 Å². The van der Waals surface area contributed by atoms with Crippen molar-refractivity contribution in [3.05, 3.63) is 23.3 Å². The van der Waals surface area contributed by atoms with Crippen molar-refractivity contribution in [2.24, 2.45) is 0 Å². The Morgan fingerprint density at radius 2 is 2.00 bits per heavy atom. The summed E-state index contributed by atoms with van der Waals surface area (Å²) in [7, 11) is 0. The number of hydrogen-bond donors (Lipinski definition) is 0. The van der Waals surface area contributed by atoms with Gasteiger partial charge in [0.1, 0.15) is 0 Å². The molecule has 0 spiro atoms. The van der Waals surface area contributed by atoms with Crippen LogP contribution in [0.15, 0.2) is 12.1 Å². The number of hydrogen-bond acceptors (Lipinski definition) is 3. The summed E-state index contributed by atoms with van der Waals surface area (Å²) in [6.07, 6.45) is 3.57. The third kappa shape index (κ3) is 2.35. The maximum absolute atomic E-state index is 12.3. The van der Waals surface area contributed by atoms with Crippen LogP contribution in [0.3, 0.4) is 0 Å². The molecule has 0 aromatic heterocycles. The summed E-state index contributed by atoms with van der Waals surface area (Å²) >= 11 is 0. The Kier molecular flexibility index (Phi) is 3.55. The van der Waals surface area contributed by atoms with Crippen molar-refractivity contribution in [2.75, 3.05) is 6.79 Å². The van der Waals surface area contributed by atoms with E-state index in [0.29, 0.717) is 19.8 Å². The first-order valence-corrected chi connectivity index (χ1v) is 7.40. The minimum absolute atomic E-state index is 0.257. The summed E-state index contributed by atoms with van der Waals surface area (Å²) in [6.45, 7) is 5.23. The predicted molar refractivity (Wildman–Crippen MR) is 75.8 cm³/mol. The van der Waals surface area contributed by atoms with Gasteiger partial charge in [0.2, 0.25) is 12.7 Å². The van der Waals surface area contributed by atoms with Crippen molar-refractivity contribution >= 4 is 5.91 Å². The Morgan fingerprint density at radius 1 is 1.30 bits per heavy atom. The van der Waals surface area contributed by atoms with Crippen LogP contribution >= 0.6 is 0 Å². The van der Waals surface area contributed by atoms with Gasteiger partial charge in [-0.1, -0.05) is 13.3 Å². The largest absolute Gasteiger partial charge is 0.454 e. The number of carbonyl (C=O) groups is 1. The second-order valence-electron chi connectivity index (χ2n) is 5.65. The monoisotopic (exact) mass is 275 g/mol. The number of nitrogens with zero attached hydrogens (tertiary/aromatic N) is 1.